The molecule has 0 atom stereocenters. The molecule has 1 aromatic heterocycles. The number of Topliss-reactive ketones (excluding diaryl/α,β-unsaturated/α-hetero) is 2. The number of benzene rings is 1. The molecule has 3 rings (SSSR count). The predicted molar refractivity (Wildman–Crippen MR) is 80.5 cm³/mol. The summed E-state index contributed by atoms with van der Waals surface area (Å²) in [6, 6.07) is 5.18. The number of alkyl halides is 3. The van der Waals surface area contributed by atoms with E-state index in [1.54, 1.807) is 0 Å². The molecule has 1 aliphatic carbocycles. The number of carbonyl (C=O) groups is 3. The molecule has 0 saturated heterocycles. The average Bonchev–Trinajstić information content (AvgIpc) is 2.98. The van der Waals surface area contributed by atoms with Gasteiger partial charge < -0.3 is 9.73 Å². The quantitative estimate of drug-likeness (QED) is 0.851. The van der Waals surface area contributed by atoms with E-state index in [1.807, 2.05) is 0 Å². The Bertz CT molecular complexity index is 920. The van der Waals surface area contributed by atoms with Gasteiger partial charge in [-0.25, -0.2) is 0 Å². The zero-order valence-electron chi connectivity index (χ0n) is 12.7. The largest absolute Gasteiger partial charge is 0.449 e. The molecule has 5 nitrogen and oxygen atoms in total. The molecule has 0 bridgehead atoms. The monoisotopic (exact) mass is 349 g/mol. The van der Waals surface area contributed by atoms with Gasteiger partial charge in [0.15, 0.2) is 23.1 Å². The minimum Gasteiger partial charge on any atom is -0.449 e. The summed E-state index contributed by atoms with van der Waals surface area (Å²) >= 11 is 0. The summed E-state index contributed by atoms with van der Waals surface area (Å²) in [6.07, 6.45) is -3.46. The van der Waals surface area contributed by atoms with Crippen LogP contribution in [0.2, 0.25) is 0 Å². The SMILES string of the molecule is CC(=O)c1cc2c(o1)C(=O)C(Nc1ccc(C(F)(F)F)cc1)=CC2=O. The van der Waals surface area contributed by atoms with E-state index in [2.05, 4.69) is 5.32 Å². The fraction of sp³-hybridized carbons (Fsp3) is 0.118. The van der Waals surface area contributed by atoms with Gasteiger partial charge in [0.2, 0.25) is 5.78 Å². The summed E-state index contributed by atoms with van der Waals surface area (Å²) in [6.45, 7) is 1.23. The Morgan fingerprint density at radius 1 is 1.12 bits per heavy atom. The molecule has 25 heavy (non-hydrogen) atoms. The Balaban J connectivity index is 1.87. The first-order valence-corrected chi connectivity index (χ1v) is 7.06. The van der Waals surface area contributed by atoms with E-state index in [4.69, 9.17) is 4.42 Å². The first kappa shape index (κ1) is 16.7. The molecular formula is C17H10F3NO4. The molecule has 2 aromatic rings. The minimum absolute atomic E-state index is 0.0202. The maximum atomic E-state index is 12.6. The molecule has 1 N–H and O–H groups in total. The molecule has 0 saturated carbocycles. The average molecular weight is 349 g/mol. The van der Waals surface area contributed by atoms with E-state index in [1.165, 1.54) is 13.0 Å². The normalized spacial score (nSPS) is 14.2. The van der Waals surface area contributed by atoms with Gasteiger partial charge in [-0.3, -0.25) is 14.4 Å². The van der Waals surface area contributed by atoms with Crippen molar-refractivity contribution in [1.82, 2.24) is 0 Å². The van der Waals surface area contributed by atoms with Crippen LogP contribution in [-0.2, 0) is 6.18 Å². The number of fused-ring (bicyclic) bond motifs is 1. The number of anilines is 1. The smallest absolute Gasteiger partial charge is 0.416 e. The number of nitrogens with one attached hydrogen (secondary N) is 1. The lowest BCUT2D eigenvalue weighted by Gasteiger charge is -2.13. The van der Waals surface area contributed by atoms with Crippen molar-refractivity contribution < 1.29 is 32.0 Å². The first-order valence-electron chi connectivity index (χ1n) is 7.06. The number of ketones is 3. The highest BCUT2D eigenvalue weighted by Gasteiger charge is 2.32. The van der Waals surface area contributed by atoms with Crippen molar-refractivity contribution in [1.29, 1.82) is 0 Å². The molecule has 0 radical (unpaired) electrons. The van der Waals surface area contributed by atoms with Gasteiger partial charge in [0, 0.05) is 18.7 Å². The fourth-order valence-electron chi connectivity index (χ4n) is 2.30. The van der Waals surface area contributed by atoms with Crippen molar-refractivity contribution in [2.24, 2.45) is 0 Å². The van der Waals surface area contributed by atoms with E-state index >= 15 is 0 Å². The zero-order valence-corrected chi connectivity index (χ0v) is 12.7. The van der Waals surface area contributed by atoms with Gasteiger partial charge in [0.1, 0.15) is 0 Å². The second-order valence-corrected chi connectivity index (χ2v) is 5.36. The summed E-state index contributed by atoms with van der Waals surface area (Å²) in [5.74, 6) is -2.03. The highest BCUT2D eigenvalue weighted by molar-refractivity contribution is 6.24. The Labute approximate surface area is 139 Å². The van der Waals surface area contributed by atoms with Gasteiger partial charge in [-0.05, 0) is 30.3 Å². The van der Waals surface area contributed by atoms with Crippen LogP contribution in [0.25, 0.3) is 0 Å². The van der Waals surface area contributed by atoms with Crippen molar-refractivity contribution >= 4 is 23.0 Å². The highest BCUT2D eigenvalue weighted by atomic mass is 19.4. The van der Waals surface area contributed by atoms with Gasteiger partial charge in [-0.1, -0.05) is 0 Å². The number of carbonyl (C=O) groups excluding carboxylic acids is 3. The third-order valence-corrected chi connectivity index (χ3v) is 3.56. The second kappa shape index (κ2) is 5.73. The minimum atomic E-state index is -4.47. The molecule has 0 amide bonds. The van der Waals surface area contributed by atoms with Gasteiger partial charge in [0.25, 0.3) is 0 Å². The molecule has 0 unspecified atom stereocenters. The molecule has 1 aliphatic rings. The Morgan fingerprint density at radius 3 is 2.32 bits per heavy atom. The molecule has 8 heteroatoms. The third-order valence-electron chi connectivity index (χ3n) is 3.56. The second-order valence-electron chi connectivity index (χ2n) is 5.36. The maximum absolute atomic E-state index is 12.6. The van der Waals surface area contributed by atoms with Crippen LogP contribution in [0.1, 0.15) is 44.0 Å². The molecule has 128 valence electrons. The topological polar surface area (TPSA) is 76.4 Å². The van der Waals surface area contributed by atoms with Crippen LogP contribution < -0.4 is 5.32 Å². The summed E-state index contributed by atoms with van der Waals surface area (Å²) in [5.41, 5.74) is -0.811. The van der Waals surface area contributed by atoms with Crippen LogP contribution in [0.4, 0.5) is 18.9 Å². The van der Waals surface area contributed by atoms with E-state index in [0.717, 1.165) is 30.3 Å². The van der Waals surface area contributed by atoms with Crippen molar-refractivity contribution in [2.75, 3.05) is 5.32 Å². The van der Waals surface area contributed by atoms with Crippen molar-refractivity contribution in [3.05, 3.63) is 64.8 Å². The summed E-state index contributed by atoms with van der Waals surface area (Å²) in [5, 5.41) is 2.60. The van der Waals surface area contributed by atoms with Crippen molar-refractivity contribution in [3.8, 4) is 0 Å². The number of halogens is 3. The van der Waals surface area contributed by atoms with Gasteiger partial charge in [0.05, 0.1) is 16.8 Å². The lowest BCUT2D eigenvalue weighted by atomic mass is 9.99. The molecule has 0 fully saturated rings. The Hall–Kier alpha value is -3.16. The number of hydrogen-bond acceptors (Lipinski definition) is 5. The first-order chi connectivity index (χ1) is 11.7. The molecule has 1 heterocycles. The molecular weight excluding hydrogens is 339 g/mol. The maximum Gasteiger partial charge on any atom is 0.416 e. The number of rotatable bonds is 3. The van der Waals surface area contributed by atoms with Crippen LogP contribution >= 0.6 is 0 Å². The van der Waals surface area contributed by atoms with Gasteiger partial charge in [-0.2, -0.15) is 13.2 Å². The van der Waals surface area contributed by atoms with Crippen molar-refractivity contribution in [2.45, 2.75) is 13.1 Å². The lowest BCUT2D eigenvalue weighted by molar-refractivity contribution is -0.137. The molecule has 1 aromatic carbocycles. The number of furan rings is 1. The predicted octanol–water partition coefficient (Wildman–Crippen LogP) is 3.88. The van der Waals surface area contributed by atoms with Crippen LogP contribution in [0.5, 0.6) is 0 Å². The van der Waals surface area contributed by atoms with Crippen LogP contribution in [0, 0.1) is 0 Å². The fourth-order valence-corrected chi connectivity index (χ4v) is 2.30. The number of hydrogen-bond donors (Lipinski definition) is 1. The summed E-state index contributed by atoms with van der Waals surface area (Å²) in [4.78, 5) is 35.7. The van der Waals surface area contributed by atoms with Crippen LogP contribution in [0.15, 0.2) is 46.5 Å². The lowest BCUT2D eigenvalue weighted by Crippen LogP contribution is -2.20. The summed E-state index contributed by atoms with van der Waals surface area (Å²) < 4.78 is 42.8. The highest BCUT2D eigenvalue weighted by Crippen LogP contribution is 2.31. The van der Waals surface area contributed by atoms with Crippen LogP contribution in [0.3, 0.4) is 0 Å². The van der Waals surface area contributed by atoms with Crippen LogP contribution in [-0.4, -0.2) is 17.3 Å². The van der Waals surface area contributed by atoms with Crippen molar-refractivity contribution in [3.63, 3.8) is 0 Å². The molecule has 0 spiro atoms. The zero-order chi connectivity index (χ0) is 18.4. The van der Waals surface area contributed by atoms with E-state index in [9.17, 15) is 27.6 Å². The standard InChI is InChI=1S/C17H10F3NO4/c1-8(22)14-6-11-13(23)7-12(15(24)16(11)25-14)21-10-4-2-9(3-5-10)17(18,19)20/h2-7,21H,1H3. The van der Waals surface area contributed by atoms with E-state index in [0.29, 0.717) is 0 Å². The van der Waals surface area contributed by atoms with E-state index in [-0.39, 0.29) is 28.5 Å². The Kier molecular flexibility index (Phi) is 3.82. The summed E-state index contributed by atoms with van der Waals surface area (Å²) in [7, 11) is 0. The molecule has 0 aliphatic heterocycles. The van der Waals surface area contributed by atoms with E-state index < -0.39 is 29.1 Å². The third kappa shape index (κ3) is 3.10. The number of allylic oxidation sites excluding steroid dienone is 2. The van der Waals surface area contributed by atoms with Gasteiger partial charge >= 0.3 is 6.18 Å². The van der Waals surface area contributed by atoms with Gasteiger partial charge in [-0.15, -0.1) is 0 Å². The Morgan fingerprint density at radius 2 is 1.76 bits per heavy atom.